The Labute approximate surface area is 114 Å². The highest BCUT2D eigenvalue weighted by molar-refractivity contribution is 7.90. The number of rotatable bonds is 6. The highest BCUT2D eigenvalue weighted by Gasteiger charge is 2.31. The molecule has 0 amide bonds. The van der Waals surface area contributed by atoms with Crippen LogP contribution in [0.4, 0.5) is 4.39 Å². The predicted molar refractivity (Wildman–Crippen MR) is 72.8 cm³/mol. The Balaban J connectivity index is 2.98. The van der Waals surface area contributed by atoms with E-state index < -0.39 is 26.7 Å². The summed E-state index contributed by atoms with van der Waals surface area (Å²) < 4.78 is 45.1. The quantitative estimate of drug-likeness (QED) is 0.871. The van der Waals surface area contributed by atoms with E-state index in [1.165, 1.54) is 13.2 Å². The van der Waals surface area contributed by atoms with Gasteiger partial charge in [0.25, 0.3) is 0 Å². The maximum atomic E-state index is 13.8. The smallest absolute Gasteiger partial charge is 0.214 e. The van der Waals surface area contributed by atoms with Crippen molar-refractivity contribution in [3.63, 3.8) is 0 Å². The van der Waals surface area contributed by atoms with Crippen LogP contribution in [0, 0.1) is 5.82 Å². The highest BCUT2D eigenvalue weighted by atomic mass is 32.2. The molecule has 0 aliphatic rings. The lowest BCUT2D eigenvalue weighted by atomic mass is 9.95. The molecule has 0 fully saturated rings. The zero-order valence-corrected chi connectivity index (χ0v) is 12.4. The lowest BCUT2D eigenvalue weighted by Crippen LogP contribution is -2.42. The van der Waals surface area contributed by atoms with Gasteiger partial charge in [0.1, 0.15) is 11.4 Å². The average Bonchev–Trinajstić information content (AvgIpc) is 2.36. The number of sulfonamides is 1. The molecule has 0 spiro atoms. The highest BCUT2D eigenvalue weighted by Crippen LogP contribution is 2.26. The molecule has 1 aromatic carbocycles. The second-order valence-corrected chi connectivity index (χ2v) is 7.15. The first-order valence-corrected chi connectivity index (χ1v) is 7.56. The van der Waals surface area contributed by atoms with Gasteiger partial charge in [-0.25, -0.2) is 17.5 Å². The molecule has 0 aliphatic carbocycles. The zero-order chi connectivity index (χ0) is 14.7. The zero-order valence-electron chi connectivity index (χ0n) is 11.6. The molecular weight excluding hydrogens is 269 g/mol. The van der Waals surface area contributed by atoms with E-state index in [0.717, 1.165) is 0 Å². The molecule has 1 N–H and O–H groups in total. The molecule has 1 aromatic rings. The summed E-state index contributed by atoms with van der Waals surface area (Å²) in [7, 11) is -1.99. The fourth-order valence-corrected chi connectivity index (χ4v) is 2.38. The lowest BCUT2D eigenvalue weighted by molar-refractivity contribution is 0.00407. The van der Waals surface area contributed by atoms with E-state index in [2.05, 4.69) is 4.72 Å². The number of halogens is 1. The van der Waals surface area contributed by atoms with Gasteiger partial charge < -0.3 is 4.74 Å². The van der Waals surface area contributed by atoms with Crippen LogP contribution in [0.3, 0.4) is 0 Å². The first-order valence-electron chi connectivity index (χ1n) is 6.01. The maximum absolute atomic E-state index is 13.8. The first kappa shape index (κ1) is 16.1. The fraction of sp³-hybridized carbons (Fsp3) is 0.538. The molecule has 0 radical (unpaired) electrons. The van der Waals surface area contributed by atoms with Crippen LogP contribution in [0.15, 0.2) is 24.3 Å². The van der Waals surface area contributed by atoms with Crippen LogP contribution in [0.2, 0.25) is 0 Å². The summed E-state index contributed by atoms with van der Waals surface area (Å²) in [6.45, 7) is 4.78. The normalized spacial score (nSPS) is 15.5. The third kappa shape index (κ3) is 3.75. The van der Waals surface area contributed by atoms with Gasteiger partial charge in [0.15, 0.2) is 0 Å². The van der Waals surface area contributed by atoms with E-state index in [0.29, 0.717) is 5.56 Å². The van der Waals surface area contributed by atoms with Crippen molar-refractivity contribution >= 4 is 10.0 Å². The Morgan fingerprint density at radius 1 is 1.37 bits per heavy atom. The number of hydrogen-bond donors (Lipinski definition) is 1. The van der Waals surface area contributed by atoms with Gasteiger partial charge in [-0.1, -0.05) is 18.2 Å². The molecule has 19 heavy (non-hydrogen) atoms. The minimum Gasteiger partial charge on any atom is -0.372 e. The molecule has 108 valence electrons. The number of benzene rings is 1. The van der Waals surface area contributed by atoms with Gasteiger partial charge in [0, 0.05) is 19.2 Å². The topological polar surface area (TPSA) is 55.4 Å². The van der Waals surface area contributed by atoms with Crippen LogP contribution >= 0.6 is 0 Å². The van der Waals surface area contributed by atoms with Gasteiger partial charge in [0.2, 0.25) is 10.0 Å². The Morgan fingerprint density at radius 3 is 2.42 bits per heavy atom. The molecule has 0 saturated heterocycles. The molecule has 0 heterocycles. The molecule has 0 bridgehead atoms. The van der Waals surface area contributed by atoms with E-state index in [4.69, 9.17) is 4.74 Å². The summed E-state index contributed by atoms with van der Waals surface area (Å²) >= 11 is 0. The van der Waals surface area contributed by atoms with Gasteiger partial charge in [-0.05, 0) is 26.8 Å². The van der Waals surface area contributed by atoms with Gasteiger partial charge in [0.05, 0.1) is 5.25 Å². The molecule has 4 nitrogen and oxygen atoms in total. The molecule has 0 aromatic heterocycles. The van der Waals surface area contributed by atoms with Crippen molar-refractivity contribution in [2.24, 2.45) is 0 Å². The minimum absolute atomic E-state index is 0.0229. The summed E-state index contributed by atoms with van der Waals surface area (Å²) in [6, 6.07) is 6.17. The molecule has 0 saturated carbocycles. The predicted octanol–water partition coefficient (Wildman–Crippen LogP) is 2.02. The van der Waals surface area contributed by atoms with E-state index >= 15 is 0 Å². The summed E-state index contributed by atoms with van der Waals surface area (Å²) in [4.78, 5) is 0. The van der Waals surface area contributed by atoms with Crippen LogP contribution < -0.4 is 4.72 Å². The molecule has 1 rings (SSSR count). The number of nitrogens with one attached hydrogen (secondary N) is 1. The standard InChI is InChI=1S/C13H20FNO3S/c1-10(2)19(16,17)15-9-13(3,18-4)11-7-5-6-8-12(11)14/h5-8,10,15H,9H2,1-4H3. The molecule has 6 heteroatoms. The Bertz CT molecular complexity index is 530. The van der Waals surface area contributed by atoms with Crippen LogP contribution in [-0.4, -0.2) is 27.3 Å². The third-order valence-electron chi connectivity index (χ3n) is 3.13. The first-order chi connectivity index (χ1) is 8.73. The lowest BCUT2D eigenvalue weighted by Gasteiger charge is -2.29. The van der Waals surface area contributed by atoms with Gasteiger partial charge in [-0.2, -0.15) is 0 Å². The van der Waals surface area contributed by atoms with Crippen molar-refractivity contribution in [2.45, 2.75) is 31.6 Å². The second kappa shape index (κ2) is 5.98. The fourth-order valence-electron chi connectivity index (χ4n) is 1.57. The van der Waals surface area contributed by atoms with Crippen molar-refractivity contribution in [3.8, 4) is 0 Å². The van der Waals surface area contributed by atoms with E-state index in [9.17, 15) is 12.8 Å². The number of hydrogen-bond acceptors (Lipinski definition) is 3. The summed E-state index contributed by atoms with van der Waals surface area (Å²) in [5.74, 6) is -0.421. The Hall–Kier alpha value is -0.980. The van der Waals surface area contributed by atoms with Gasteiger partial charge in [-0.15, -0.1) is 0 Å². The van der Waals surface area contributed by atoms with E-state index in [1.54, 1.807) is 39.0 Å². The van der Waals surface area contributed by atoms with Crippen molar-refractivity contribution in [1.29, 1.82) is 0 Å². The van der Waals surface area contributed by atoms with Gasteiger partial charge in [-0.3, -0.25) is 0 Å². The Morgan fingerprint density at radius 2 is 1.95 bits per heavy atom. The largest absolute Gasteiger partial charge is 0.372 e. The van der Waals surface area contributed by atoms with Gasteiger partial charge >= 0.3 is 0 Å². The van der Waals surface area contributed by atoms with Crippen molar-refractivity contribution in [3.05, 3.63) is 35.6 Å². The van der Waals surface area contributed by atoms with E-state index in [-0.39, 0.29) is 6.54 Å². The van der Waals surface area contributed by atoms with Crippen LogP contribution in [-0.2, 0) is 20.4 Å². The summed E-state index contributed by atoms with van der Waals surface area (Å²) in [5, 5.41) is -0.547. The second-order valence-electron chi connectivity index (χ2n) is 4.83. The number of ether oxygens (including phenoxy) is 1. The minimum atomic E-state index is -3.41. The summed E-state index contributed by atoms with van der Waals surface area (Å²) in [6.07, 6.45) is 0. The monoisotopic (exact) mass is 289 g/mol. The maximum Gasteiger partial charge on any atom is 0.214 e. The Kier molecular flexibility index (Phi) is 5.06. The average molecular weight is 289 g/mol. The van der Waals surface area contributed by atoms with Crippen LogP contribution in [0.1, 0.15) is 26.3 Å². The summed E-state index contributed by atoms with van der Waals surface area (Å²) in [5.41, 5.74) is -0.725. The van der Waals surface area contributed by atoms with Crippen molar-refractivity contribution < 1.29 is 17.5 Å². The molecule has 0 aliphatic heterocycles. The number of methoxy groups -OCH3 is 1. The third-order valence-corrected chi connectivity index (χ3v) is 4.91. The molecule has 1 atom stereocenters. The SMILES string of the molecule is COC(C)(CNS(=O)(=O)C(C)C)c1ccccc1F. The van der Waals surface area contributed by atoms with Crippen molar-refractivity contribution in [1.82, 2.24) is 4.72 Å². The van der Waals surface area contributed by atoms with Crippen LogP contribution in [0.5, 0.6) is 0 Å². The van der Waals surface area contributed by atoms with Crippen LogP contribution in [0.25, 0.3) is 0 Å². The van der Waals surface area contributed by atoms with E-state index in [1.807, 2.05) is 0 Å². The molecular formula is C13H20FNO3S. The molecule has 1 unspecified atom stereocenters. The van der Waals surface area contributed by atoms with Crippen molar-refractivity contribution in [2.75, 3.05) is 13.7 Å².